The molecule has 0 aliphatic heterocycles. The summed E-state index contributed by atoms with van der Waals surface area (Å²) in [4.78, 5) is 3.95. The van der Waals surface area contributed by atoms with Gasteiger partial charge in [-0.1, -0.05) is 19.1 Å². The molecule has 0 aliphatic carbocycles. The summed E-state index contributed by atoms with van der Waals surface area (Å²) >= 11 is 5.24. The maximum absolute atomic E-state index is 5.24. The Morgan fingerprint density at radius 2 is 1.56 bits per heavy atom. The van der Waals surface area contributed by atoms with Gasteiger partial charge in [0, 0.05) is 23.8 Å². The Morgan fingerprint density at radius 3 is 2.11 bits per heavy atom. The minimum Gasteiger partial charge on any atom is -0.332 e. The van der Waals surface area contributed by atoms with Crippen LogP contribution in [0.25, 0.3) is 0 Å². The molecule has 18 heavy (non-hydrogen) atoms. The van der Waals surface area contributed by atoms with Crippen molar-refractivity contribution in [1.29, 1.82) is 0 Å². The van der Waals surface area contributed by atoms with Crippen molar-refractivity contribution in [2.24, 2.45) is 0 Å². The van der Waals surface area contributed by atoms with E-state index in [1.54, 1.807) is 12.4 Å². The van der Waals surface area contributed by atoms with Crippen LogP contribution in [0.2, 0.25) is 0 Å². The Hall–Kier alpha value is -1.94. The average molecular weight is 257 g/mol. The third-order valence-electron chi connectivity index (χ3n) is 2.56. The van der Waals surface area contributed by atoms with Crippen molar-refractivity contribution in [3.8, 4) is 0 Å². The first kappa shape index (κ1) is 12.5. The smallest absolute Gasteiger partial charge is 0.175 e. The normalized spacial score (nSPS) is 9.83. The van der Waals surface area contributed by atoms with Gasteiger partial charge < -0.3 is 10.6 Å². The number of thiocarbonyl (C=S) groups is 1. The largest absolute Gasteiger partial charge is 0.332 e. The van der Waals surface area contributed by atoms with Gasteiger partial charge in [0.15, 0.2) is 5.11 Å². The summed E-state index contributed by atoms with van der Waals surface area (Å²) in [5.74, 6) is 0. The highest BCUT2D eigenvalue weighted by molar-refractivity contribution is 7.80. The summed E-state index contributed by atoms with van der Waals surface area (Å²) in [5.41, 5.74) is 3.22. The molecule has 0 amide bonds. The Balaban J connectivity index is 1.94. The molecule has 2 rings (SSSR count). The summed E-state index contributed by atoms with van der Waals surface area (Å²) in [5, 5.41) is 6.82. The first-order chi connectivity index (χ1) is 8.78. The van der Waals surface area contributed by atoms with Crippen molar-refractivity contribution in [3.05, 3.63) is 54.4 Å². The van der Waals surface area contributed by atoms with Gasteiger partial charge in [-0.3, -0.25) is 4.98 Å². The van der Waals surface area contributed by atoms with E-state index in [2.05, 4.69) is 34.7 Å². The molecule has 0 unspecified atom stereocenters. The maximum Gasteiger partial charge on any atom is 0.175 e. The molecule has 92 valence electrons. The lowest BCUT2D eigenvalue weighted by Gasteiger charge is -2.10. The standard InChI is InChI=1S/C14H15N3S/c1-2-11-3-5-12(6-4-11)16-14(18)17-13-7-9-15-10-8-13/h3-10H,2H2,1H3,(H2,15,16,17,18). The highest BCUT2D eigenvalue weighted by Crippen LogP contribution is 2.11. The fourth-order valence-electron chi connectivity index (χ4n) is 1.55. The molecule has 0 bridgehead atoms. The highest BCUT2D eigenvalue weighted by Gasteiger charge is 1.98. The first-order valence-electron chi connectivity index (χ1n) is 5.85. The summed E-state index contributed by atoms with van der Waals surface area (Å²) in [6.45, 7) is 2.14. The van der Waals surface area contributed by atoms with Crippen LogP contribution in [0.4, 0.5) is 11.4 Å². The quantitative estimate of drug-likeness (QED) is 0.826. The zero-order valence-electron chi connectivity index (χ0n) is 10.2. The molecule has 1 aromatic carbocycles. The lowest BCUT2D eigenvalue weighted by atomic mass is 10.1. The molecule has 2 N–H and O–H groups in total. The molecule has 3 nitrogen and oxygen atoms in total. The van der Waals surface area contributed by atoms with E-state index in [1.807, 2.05) is 24.3 Å². The minimum atomic E-state index is 0.574. The van der Waals surface area contributed by atoms with E-state index in [0.717, 1.165) is 17.8 Å². The van der Waals surface area contributed by atoms with E-state index in [9.17, 15) is 0 Å². The third-order valence-corrected chi connectivity index (χ3v) is 2.76. The number of anilines is 2. The molecule has 0 saturated carbocycles. The SMILES string of the molecule is CCc1ccc(NC(=S)Nc2ccncc2)cc1. The number of aromatic nitrogens is 1. The van der Waals surface area contributed by atoms with Crippen molar-refractivity contribution in [2.45, 2.75) is 13.3 Å². The van der Waals surface area contributed by atoms with Crippen molar-refractivity contribution in [2.75, 3.05) is 10.6 Å². The van der Waals surface area contributed by atoms with E-state index in [1.165, 1.54) is 5.56 Å². The van der Waals surface area contributed by atoms with Crippen LogP contribution in [0.1, 0.15) is 12.5 Å². The minimum absolute atomic E-state index is 0.574. The van der Waals surface area contributed by atoms with E-state index in [4.69, 9.17) is 12.2 Å². The molecule has 0 saturated heterocycles. The van der Waals surface area contributed by atoms with Gasteiger partial charge in [0.2, 0.25) is 0 Å². The molecule has 2 aromatic rings. The predicted octanol–water partition coefficient (Wildman–Crippen LogP) is 3.45. The van der Waals surface area contributed by atoms with Crippen LogP contribution in [0.15, 0.2) is 48.8 Å². The van der Waals surface area contributed by atoms with Gasteiger partial charge in [-0.05, 0) is 48.5 Å². The number of rotatable bonds is 3. The lowest BCUT2D eigenvalue weighted by molar-refractivity contribution is 1.14. The van der Waals surface area contributed by atoms with Gasteiger partial charge >= 0.3 is 0 Å². The van der Waals surface area contributed by atoms with Crippen LogP contribution in [-0.4, -0.2) is 10.1 Å². The Kier molecular flexibility index (Phi) is 4.25. The van der Waals surface area contributed by atoms with E-state index < -0.39 is 0 Å². The van der Waals surface area contributed by atoms with Gasteiger partial charge in [0.05, 0.1) is 0 Å². The molecule has 0 spiro atoms. The van der Waals surface area contributed by atoms with Gasteiger partial charge in [0.1, 0.15) is 0 Å². The van der Waals surface area contributed by atoms with Crippen molar-refractivity contribution < 1.29 is 0 Å². The topological polar surface area (TPSA) is 37.0 Å². The van der Waals surface area contributed by atoms with Crippen LogP contribution in [0.5, 0.6) is 0 Å². The van der Waals surface area contributed by atoms with E-state index >= 15 is 0 Å². The molecular formula is C14H15N3S. The Labute approximate surface area is 112 Å². The molecular weight excluding hydrogens is 242 g/mol. The summed E-state index contributed by atoms with van der Waals surface area (Å²) in [7, 11) is 0. The van der Waals surface area contributed by atoms with E-state index in [0.29, 0.717) is 5.11 Å². The Bertz CT molecular complexity index is 508. The summed E-state index contributed by atoms with van der Waals surface area (Å²) < 4.78 is 0. The number of nitrogens with zero attached hydrogens (tertiary/aromatic N) is 1. The maximum atomic E-state index is 5.24. The van der Waals surface area contributed by atoms with Crippen molar-refractivity contribution in [3.63, 3.8) is 0 Å². The monoisotopic (exact) mass is 257 g/mol. The fourth-order valence-corrected chi connectivity index (χ4v) is 1.79. The second kappa shape index (κ2) is 6.12. The van der Waals surface area contributed by atoms with Crippen LogP contribution in [0.3, 0.4) is 0 Å². The first-order valence-corrected chi connectivity index (χ1v) is 6.25. The van der Waals surface area contributed by atoms with E-state index in [-0.39, 0.29) is 0 Å². The molecule has 4 heteroatoms. The predicted molar refractivity (Wildman–Crippen MR) is 79.9 cm³/mol. The van der Waals surface area contributed by atoms with Gasteiger partial charge in [-0.2, -0.15) is 0 Å². The van der Waals surface area contributed by atoms with Crippen LogP contribution in [0, 0.1) is 0 Å². The van der Waals surface area contributed by atoms with Gasteiger partial charge in [0.25, 0.3) is 0 Å². The zero-order valence-corrected chi connectivity index (χ0v) is 11.0. The van der Waals surface area contributed by atoms with Gasteiger partial charge in [-0.15, -0.1) is 0 Å². The fraction of sp³-hybridized carbons (Fsp3) is 0.143. The van der Waals surface area contributed by atoms with Crippen molar-refractivity contribution >= 4 is 28.7 Å². The number of aryl methyl sites for hydroxylation is 1. The number of benzene rings is 1. The average Bonchev–Trinajstić information content (AvgIpc) is 2.40. The molecule has 0 atom stereocenters. The van der Waals surface area contributed by atoms with Crippen molar-refractivity contribution in [1.82, 2.24) is 4.98 Å². The number of nitrogens with one attached hydrogen (secondary N) is 2. The molecule has 0 radical (unpaired) electrons. The molecule has 0 fully saturated rings. The molecule has 1 heterocycles. The van der Waals surface area contributed by atoms with Crippen LogP contribution < -0.4 is 10.6 Å². The van der Waals surface area contributed by atoms with Gasteiger partial charge in [-0.25, -0.2) is 0 Å². The second-order valence-corrected chi connectivity index (χ2v) is 4.27. The Morgan fingerprint density at radius 1 is 1.00 bits per heavy atom. The number of hydrogen-bond donors (Lipinski definition) is 2. The summed E-state index contributed by atoms with van der Waals surface area (Å²) in [6, 6.07) is 12.0. The number of pyridine rings is 1. The van der Waals surface area contributed by atoms with Crippen LogP contribution >= 0.6 is 12.2 Å². The molecule has 1 aromatic heterocycles. The zero-order chi connectivity index (χ0) is 12.8. The lowest BCUT2D eigenvalue weighted by Crippen LogP contribution is -2.18. The summed E-state index contributed by atoms with van der Waals surface area (Å²) in [6.07, 6.45) is 4.49. The highest BCUT2D eigenvalue weighted by atomic mass is 32.1. The second-order valence-electron chi connectivity index (χ2n) is 3.87. The molecule has 0 aliphatic rings. The number of hydrogen-bond acceptors (Lipinski definition) is 2. The third kappa shape index (κ3) is 3.53. The van der Waals surface area contributed by atoms with Crippen LogP contribution in [-0.2, 0) is 6.42 Å².